The number of aliphatic hydroxyl groups excluding tert-OH is 1. The molecule has 4 nitrogen and oxygen atoms in total. The summed E-state index contributed by atoms with van der Waals surface area (Å²) in [6.45, 7) is 4.84. The Morgan fingerprint density at radius 1 is 1.69 bits per heavy atom. The van der Waals surface area contributed by atoms with Gasteiger partial charge in [-0.1, -0.05) is 12.6 Å². The number of halogens is 1. The molecule has 2 unspecified atom stereocenters. The Morgan fingerprint density at radius 3 is 2.81 bits per heavy atom. The number of aliphatic hydroxyl groups is 1. The van der Waals surface area contributed by atoms with Crippen LogP contribution in [0.3, 0.4) is 0 Å². The lowest BCUT2D eigenvalue weighted by Gasteiger charge is -2.19. The van der Waals surface area contributed by atoms with Crippen molar-refractivity contribution in [2.24, 2.45) is 0 Å². The van der Waals surface area contributed by atoms with Gasteiger partial charge in [-0.15, -0.1) is 12.4 Å². The Hall–Kier alpha value is -1.39. The topological polar surface area (TPSA) is 59.4 Å². The van der Waals surface area contributed by atoms with Crippen LogP contribution in [-0.4, -0.2) is 22.2 Å². The lowest BCUT2D eigenvalue weighted by atomic mass is 10.1. The first-order valence-electron chi connectivity index (χ1n) is 4.56. The smallest absolute Gasteiger partial charge is 0.330 e. The molecule has 5 heteroatoms. The van der Waals surface area contributed by atoms with Gasteiger partial charge >= 0.3 is 5.97 Å². The molecule has 1 heterocycles. The minimum Gasteiger partial charge on any atom is -0.452 e. The van der Waals surface area contributed by atoms with E-state index in [1.807, 2.05) is 0 Å². The fourth-order valence-corrected chi connectivity index (χ4v) is 1.16. The summed E-state index contributed by atoms with van der Waals surface area (Å²) >= 11 is 0. The predicted octanol–water partition coefficient (Wildman–Crippen LogP) is 1.65. The van der Waals surface area contributed by atoms with Gasteiger partial charge in [0, 0.05) is 24.0 Å². The van der Waals surface area contributed by atoms with E-state index in [9.17, 15) is 9.90 Å². The van der Waals surface area contributed by atoms with Crippen LogP contribution in [-0.2, 0) is 9.53 Å². The zero-order valence-electron chi connectivity index (χ0n) is 8.87. The number of rotatable bonds is 4. The molecule has 88 valence electrons. The molecule has 0 aliphatic rings. The fraction of sp³-hybridized carbons (Fsp3) is 0.273. The normalized spacial score (nSPS) is 13.1. The highest BCUT2D eigenvalue weighted by Crippen LogP contribution is 2.20. The van der Waals surface area contributed by atoms with E-state index in [0.29, 0.717) is 5.56 Å². The second-order valence-electron chi connectivity index (χ2n) is 3.09. The van der Waals surface area contributed by atoms with Crippen molar-refractivity contribution in [2.75, 3.05) is 0 Å². The average Bonchev–Trinajstić information content (AvgIpc) is 2.26. The molecule has 1 aromatic heterocycles. The largest absolute Gasteiger partial charge is 0.452 e. The zero-order chi connectivity index (χ0) is 11.3. The van der Waals surface area contributed by atoms with Gasteiger partial charge in [0.15, 0.2) is 6.10 Å². The predicted molar refractivity (Wildman–Crippen MR) is 62.2 cm³/mol. The molecule has 0 spiro atoms. The van der Waals surface area contributed by atoms with E-state index in [-0.39, 0.29) is 12.4 Å². The quantitative estimate of drug-likeness (QED) is 0.645. The van der Waals surface area contributed by atoms with Crippen LogP contribution in [0, 0.1) is 0 Å². The highest BCUT2D eigenvalue weighted by molar-refractivity contribution is 5.85. The van der Waals surface area contributed by atoms with Crippen molar-refractivity contribution in [2.45, 2.75) is 19.1 Å². The first-order chi connectivity index (χ1) is 7.15. The number of aromatic nitrogens is 1. The van der Waals surface area contributed by atoms with E-state index < -0.39 is 18.2 Å². The molecule has 2 atom stereocenters. The highest BCUT2D eigenvalue weighted by atomic mass is 35.5. The van der Waals surface area contributed by atoms with Crippen molar-refractivity contribution in [3.63, 3.8) is 0 Å². The van der Waals surface area contributed by atoms with Gasteiger partial charge in [0.25, 0.3) is 0 Å². The van der Waals surface area contributed by atoms with Crippen molar-refractivity contribution in [1.29, 1.82) is 0 Å². The van der Waals surface area contributed by atoms with E-state index in [0.717, 1.165) is 6.08 Å². The second-order valence-corrected chi connectivity index (χ2v) is 3.09. The first kappa shape index (κ1) is 14.6. The third kappa shape index (κ3) is 4.00. The van der Waals surface area contributed by atoms with E-state index in [4.69, 9.17) is 4.74 Å². The van der Waals surface area contributed by atoms with Gasteiger partial charge in [0.1, 0.15) is 0 Å². The van der Waals surface area contributed by atoms with E-state index in [2.05, 4.69) is 11.6 Å². The van der Waals surface area contributed by atoms with Crippen LogP contribution in [0.5, 0.6) is 0 Å². The summed E-state index contributed by atoms with van der Waals surface area (Å²) < 4.78 is 5.00. The number of nitrogens with zero attached hydrogens (tertiary/aromatic N) is 1. The molecule has 16 heavy (non-hydrogen) atoms. The van der Waals surface area contributed by atoms with Crippen molar-refractivity contribution < 1.29 is 14.6 Å². The van der Waals surface area contributed by atoms with E-state index >= 15 is 0 Å². The summed E-state index contributed by atoms with van der Waals surface area (Å²) in [7, 11) is 0. The maximum absolute atomic E-state index is 11.0. The highest BCUT2D eigenvalue weighted by Gasteiger charge is 2.20. The van der Waals surface area contributed by atoms with Crippen LogP contribution in [0.1, 0.15) is 18.6 Å². The number of esters is 1. The van der Waals surface area contributed by atoms with Crippen LogP contribution in [0.4, 0.5) is 0 Å². The SMILES string of the molecule is C=CC(=O)OC(c1cccnc1)C(C)O.Cl. The number of hydrogen-bond donors (Lipinski definition) is 1. The molecule has 0 amide bonds. The van der Waals surface area contributed by atoms with Gasteiger partial charge in [-0.25, -0.2) is 4.79 Å². The standard InChI is InChI=1S/C11H13NO3.ClH/c1-3-10(14)15-11(8(2)13)9-5-4-6-12-7-9;/h3-8,11,13H,1H2,2H3;1H. The number of ether oxygens (including phenoxy) is 1. The zero-order valence-corrected chi connectivity index (χ0v) is 9.68. The van der Waals surface area contributed by atoms with Crippen molar-refractivity contribution >= 4 is 18.4 Å². The van der Waals surface area contributed by atoms with Gasteiger partial charge in [0.2, 0.25) is 0 Å². The summed E-state index contributed by atoms with van der Waals surface area (Å²) in [4.78, 5) is 14.9. The Bertz CT molecular complexity index is 340. The fourth-order valence-electron chi connectivity index (χ4n) is 1.16. The number of carbonyl (C=O) groups excluding carboxylic acids is 1. The summed E-state index contributed by atoms with van der Waals surface area (Å²) in [6, 6.07) is 3.45. The lowest BCUT2D eigenvalue weighted by Crippen LogP contribution is -2.20. The number of pyridine rings is 1. The molecule has 0 fully saturated rings. The average molecular weight is 244 g/mol. The molecule has 0 saturated heterocycles. The van der Waals surface area contributed by atoms with E-state index in [1.165, 1.54) is 0 Å². The minimum absolute atomic E-state index is 0. The molecule has 0 bridgehead atoms. The second kappa shape index (κ2) is 6.98. The minimum atomic E-state index is -0.793. The third-order valence-electron chi connectivity index (χ3n) is 1.86. The molecule has 0 radical (unpaired) electrons. The molecule has 0 aliphatic carbocycles. The van der Waals surface area contributed by atoms with Gasteiger partial charge in [-0.2, -0.15) is 0 Å². The van der Waals surface area contributed by atoms with Gasteiger partial charge in [-0.05, 0) is 13.0 Å². The molecule has 1 aromatic rings. The lowest BCUT2D eigenvalue weighted by molar-refractivity contribution is -0.148. The Balaban J connectivity index is 0.00000225. The maximum atomic E-state index is 11.0. The molecule has 0 aromatic carbocycles. The van der Waals surface area contributed by atoms with Crippen molar-refractivity contribution in [1.82, 2.24) is 4.98 Å². The van der Waals surface area contributed by atoms with Gasteiger partial charge in [-0.3, -0.25) is 4.98 Å². The molecule has 1 N–H and O–H groups in total. The molecular weight excluding hydrogens is 230 g/mol. The number of carbonyl (C=O) groups is 1. The third-order valence-corrected chi connectivity index (χ3v) is 1.86. The monoisotopic (exact) mass is 243 g/mol. The molecular formula is C11H14ClNO3. The molecule has 1 rings (SSSR count). The summed E-state index contributed by atoms with van der Waals surface area (Å²) in [6.07, 6.45) is 2.72. The Kier molecular flexibility index (Phi) is 6.37. The Labute approximate surface area is 100 Å². The maximum Gasteiger partial charge on any atom is 0.330 e. The molecule has 0 aliphatic heterocycles. The van der Waals surface area contributed by atoms with E-state index in [1.54, 1.807) is 31.5 Å². The van der Waals surface area contributed by atoms with Crippen LogP contribution in [0.25, 0.3) is 0 Å². The van der Waals surface area contributed by atoms with Crippen LogP contribution in [0.2, 0.25) is 0 Å². The summed E-state index contributed by atoms with van der Waals surface area (Å²) in [5.74, 6) is -0.565. The van der Waals surface area contributed by atoms with Gasteiger partial charge < -0.3 is 9.84 Å². The summed E-state index contributed by atoms with van der Waals surface area (Å²) in [5.41, 5.74) is 0.655. The first-order valence-corrected chi connectivity index (χ1v) is 4.56. The van der Waals surface area contributed by atoms with Crippen molar-refractivity contribution in [3.8, 4) is 0 Å². The van der Waals surface area contributed by atoms with Crippen LogP contribution < -0.4 is 0 Å². The van der Waals surface area contributed by atoms with Crippen LogP contribution >= 0.6 is 12.4 Å². The van der Waals surface area contributed by atoms with Gasteiger partial charge in [0.05, 0.1) is 6.10 Å². The summed E-state index contributed by atoms with van der Waals surface area (Å²) in [5, 5.41) is 9.47. The van der Waals surface area contributed by atoms with Crippen molar-refractivity contribution in [3.05, 3.63) is 42.7 Å². The Morgan fingerprint density at radius 2 is 2.38 bits per heavy atom. The van der Waals surface area contributed by atoms with Crippen LogP contribution in [0.15, 0.2) is 37.2 Å². The number of hydrogen-bond acceptors (Lipinski definition) is 4. The molecule has 0 saturated carbocycles.